The van der Waals surface area contributed by atoms with E-state index >= 15 is 0 Å². The quantitative estimate of drug-likeness (QED) is 0.516. The Hall–Kier alpha value is -0.840. The van der Waals surface area contributed by atoms with E-state index in [0.717, 1.165) is 43.1 Å². The normalized spacial score (nSPS) is 10.7. The van der Waals surface area contributed by atoms with Gasteiger partial charge in [-0.15, -0.1) is 11.6 Å². The fourth-order valence-corrected chi connectivity index (χ4v) is 2.10. The maximum Gasteiger partial charge on any atom is 0.131 e. The number of alkyl halides is 1. The van der Waals surface area contributed by atoms with Crippen molar-refractivity contribution in [1.82, 2.24) is 4.98 Å². The summed E-state index contributed by atoms with van der Waals surface area (Å²) >= 11 is 5.83. The molecule has 0 saturated carbocycles. The predicted octanol–water partition coefficient (Wildman–Crippen LogP) is 2.62. The second-order valence-electron chi connectivity index (χ2n) is 4.44. The van der Waals surface area contributed by atoms with E-state index in [0.29, 0.717) is 12.5 Å². The number of rotatable bonds is 9. The van der Waals surface area contributed by atoms with Crippen molar-refractivity contribution < 1.29 is 9.47 Å². The average molecular weight is 287 g/mol. The van der Waals surface area contributed by atoms with Gasteiger partial charge in [-0.05, 0) is 30.5 Å². The highest BCUT2D eigenvalue weighted by Crippen LogP contribution is 2.19. The number of aryl methyl sites for hydroxylation is 1. The molecular formula is C14H23ClN2O2. The van der Waals surface area contributed by atoms with Gasteiger partial charge in [-0.2, -0.15) is 0 Å². The van der Waals surface area contributed by atoms with Gasteiger partial charge in [-0.3, -0.25) is 0 Å². The van der Waals surface area contributed by atoms with Crippen LogP contribution in [0, 0.1) is 6.92 Å². The third-order valence-electron chi connectivity index (χ3n) is 2.90. The van der Waals surface area contributed by atoms with Crippen LogP contribution in [0.25, 0.3) is 0 Å². The first-order chi connectivity index (χ1) is 9.22. The molecule has 0 aromatic carbocycles. The number of ether oxygens (including phenoxy) is 2. The monoisotopic (exact) mass is 286 g/mol. The van der Waals surface area contributed by atoms with E-state index in [2.05, 4.69) is 22.9 Å². The van der Waals surface area contributed by atoms with Gasteiger partial charge in [-0.25, -0.2) is 4.98 Å². The minimum absolute atomic E-state index is 0.496. The van der Waals surface area contributed by atoms with Gasteiger partial charge in [0, 0.05) is 46.0 Å². The lowest BCUT2D eigenvalue weighted by molar-refractivity contribution is 0.191. The molecule has 1 rings (SSSR count). The first kappa shape index (κ1) is 16.2. The van der Waals surface area contributed by atoms with Gasteiger partial charge in [0.05, 0.1) is 6.61 Å². The van der Waals surface area contributed by atoms with Crippen molar-refractivity contribution >= 4 is 17.4 Å². The number of pyridine rings is 1. The Morgan fingerprint density at radius 2 is 1.95 bits per heavy atom. The van der Waals surface area contributed by atoms with Gasteiger partial charge in [-0.1, -0.05) is 0 Å². The molecule has 1 heterocycles. The Kier molecular flexibility index (Phi) is 7.79. The van der Waals surface area contributed by atoms with E-state index in [9.17, 15) is 0 Å². The number of aromatic nitrogens is 1. The summed E-state index contributed by atoms with van der Waals surface area (Å²) in [4.78, 5) is 6.76. The van der Waals surface area contributed by atoms with Crippen LogP contribution in [0.3, 0.4) is 0 Å². The molecular weight excluding hydrogens is 264 g/mol. The van der Waals surface area contributed by atoms with Crippen LogP contribution < -0.4 is 4.90 Å². The first-order valence-corrected chi connectivity index (χ1v) is 7.00. The third kappa shape index (κ3) is 5.35. The van der Waals surface area contributed by atoms with Crippen molar-refractivity contribution in [2.45, 2.75) is 19.2 Å². The average Bonchev–Trinajstić information content (AvgIpc) is 2.43. The minimum Gasteiger partial charge on any atom is -0.385 e. The molecule has 0 bridgehead atoms. The molecule has 0 N–H and O–H groups in total. The molecule has 0 aliphatic carbocycles. The topological polar surface area (TPSA) is 34.6 Å². The van der Waals surface area contributed by atoms with Crippen molar-refractivity contribution in [1.29, 1.82) is 0 Å². The predicted molar refractivity (Wildman–Crippen MR) is 79.1 cm³/mol. The summed E-state index contributed by atoms with van der Waals surface area (Å²) in [7, 11) is 3.43. The molecule has 0 fully saturated rings. The molecule has 0 aliphatic rings. The number of anilines is 1. The Morgan fingerprint density at radius 3 is 2.53 bits per heavy atom. The molecule has 0 saturated heterocycles. The van der Waals surface area contributed by atoms with Crippen molar-refractivity contribution in [2.75, 3.05) is 45.4 Å². The van der Waals surface area contributed by atoms with Crippen LogP contribution in [0.1, 0.15) is 17.5 Å². The van der Waals surface area contributed by atoms with Crippen LogP contribution in [-0.2, 0) is 15.4 Å². The highest BCUT2D eigenvalue weighted by atomic mass is 35.5. The third-order valence-corrected chi connectivity index (χ3v) is 3.21. The molecule has 0 radical (unpaired) electrons. The van der Waals surface area contributed by atoms with Gasteiger partial charge in [0.2, 0.25) is 0 Å². The molecule has 5 heteroatoms. The Balaban J connectivity index is 2.77. The van der Waals surface area contributed by atoms with Gasteiger partial charge >= 0.3 is 0 Å². The Morgan fingerprint density at radius 1 is 1.21 bits per heavy atom. The standard InChI is InChI=1S/C14H23ClN2O2/c1-12-9-13(10-15)11-16-14(12)17(6-8-19-3)5-4-7-18-2/h9,11H,4-8,10H2,1-3H3. The summed E-state index contributed by atoms with van der Waals surface area (Å²) in [5.74, 6) is 1.50. The van der Waals surface area contributed by atoms with Crippen LogP contribution in [0.4, 0.5) is 5.82 Å². The summed E-state index contributed by atoms with van der Waals surface area (Å²) in [6.45, 7) is 5.24. The Labute approximate surface area is 120 Å². The number of hydrogen-bond acceptors (Lipinski definition) is 4. The van der Waals surface area contributed by atoms with Gasteiger partial charge in [0.15, 0.2) is 0 Å². The van der Waals surface area contributed by atoms with Crippen LogP contribution >= 0.6 is 11.6 Å². The zero-order valence-electron chi connectivity index (χ0n) is 12.0. The highest BCUT2D eigenvalue weighted by molar-refractivity contribution is 6.17. The molecule has 0 amide bonds. The molecule has 0 spiro atoms. The molecule has 19 heavy (non-hydrogen) atoms. The fourth-order valence-electron chi connectivity index (χ4n) is 1.95. The smallest absolute Gasteiger partial charge is 0.131 e. The van der Waals surface area contributed by atoms with Crippen LogP contribution in [-0.4, -0.2) is 45.5 Å². The lowest BCUT2D eigenvalue weighted by atomic mass is 10.2. The van der Waals surface area contributed by atoms with E-state index < -0.39 is 0 Å². The van der Waals surface area contributed by atoms with Crippen LogP contribution in [0.15, 0.2) is 12.3 Å². The SMILES string of the molecule is COCCCN(CCOC)c1ncc(CCl)cc1C. The first-order valence-electron chi connectivity index (χ1n) is 6.47. The second-order valence-corrected chi connectivity index (χ2v) is 4.71. The van der Waals surface area contributed by atoms with E-state index in [1.165, 1.54) is 0 Å². The number of methoxy groups -OCH3 is 2. The van der Waals surface area contributed by atoms with Crippen LogP contribution in [0.5, 0.6) is 0 Å². The number of nitrogens with zero attached hydrogens (tertiary/aromatic N) is 2. The van der Waals surface area contributed by atoms with Crippen LogP contribution in [0.2, 0.25) is 0 Å². The fraction of sp³-hybridized carbons (Fsp3) is 0.643. The van der Waals surface area contributed by atoms with Crippen molar-refractivity contribution in [3.05, 3.63) is 23.4 Å². The summed E-state index contributed by atoms with van der Waals surface area (Å²) < 4.78 is 10.3. The van der Waals surface area contributed by atoms with Crippen molar-refractivity contribution in [2.24, 2.45) is 0 Å². The summed E-state index contributed by atoms with van der Waals surface area (Å²) in [6, 6.07) is 2.09. The lowest BCUT2D eigenvalue weighted by Gasteiger charge is -2.25. The summed E-state index contributed by atoms with van der Waals surface area (Å²) in [5.41, 5.74) is 2.19. The number of halogens is 1. The van der Waals surface area contributed by atoms with Crippen molar-refractivity contribution in [3.8, 4) is 0 Å². The Bertz CT molecular complexity index is 374. The maximum atomic E-state index is 5.83. The van der Waals surface area contributed by atoms with E-state index in [-0.39, 0.29) is 0 Å². The van der Waals surface area contributed by atoms with Gasteiger partial charge in [0.25, 0.3) is 0 Å². The second kappa shape index (κ2) is 9.13. The maximum absolute atomic E-state index is 5.83. The number of hydrogen-bond donors (Lipinski definition) is 0. The summed E-state index contributed by atoms with van der Waals surface area (Å²) in [6.07, 6.45) is 2.81. The molecule has 1 aromatic rings. The molecule has 0 aliphatic heterocycles. The van der Waals surface area contributed by atoms with Crippen molar-refractivity contribution in [3.63, 3.8) is 0 Å². The minimum atomic E-state index is 0.496. The molecule has 1 aromatic heterocycles. The highest BCUT2D eigenvalue weighted by Gasteiger charge is 2.11. The van der Waals surface area contributed by atoms with E-state index in [4.69, 9.17) is 21.1 Å². The molecule has 108 valence electrons. The largest absolute Gasteiger partial charge is 0.385 e. The molecule has 0 unspecified atom stereocenters. The summed E-state index contributed by atoms with van der Waals surface area (Å²) in [5, 5.41) is 0. The lowest BCUT2D eigenvalue weighted by Crippen LogP contribution is -2.30. The van der Waals surface area contributed by atoms with E-state index in [1.54, 1.807) is 14.2 Å². The molecule has 0 atom stereocenters. The molecule has 4 nitrogen and oxygen atoms in total. The van der Waals surface area contributed by atoms with Gasteiger partial charge < -0.3 is 14.4 Å². The van der Waals surface area contributed by atoms with E-state index in [1.807, 2.05) is 6.20 Å². The zero-order chi connectivity index (χ0) is 14.1. The van der Waals surface area contributed by atoms with Gasteiger partial charge in [0.1, 0.15) is 5.82 Å². The zero-order valence-corrected chi connectivity index (χ0v) is 12.7.